The van der Waals surface area contributed by atoms with Gasteiger partial charge in [-0.3, -0.25) is 9.69 Å². The van der Waals surface area contributed by atoms with Crippen LogP contribution in [0.4, 0.5) is 0 Å². The lowest BCUT2D eigenvalue weighted by Gasteiger charge is -2.33. The molecule has 1 atom stereocenters. The van der Waals surface area contributed by atoms with Crippen molar-refractivity contribution in [3.63, 3.8) is 0 Å². The molecule has 3 rings (SSSR count). The van der Waals surface area contributed by atoms with E-state index < -0.39 is 6.10 Å². The van der Waals surface area contributed by atoms with Gasteiger partial charge in [-0.05, 0) is 50.6 Å². The van der Waals surface area contributed by atoms with Crippen LogP contribution >= 0.6 is 0 Å². The van der Waals surface area contributed by atoms with Crippen LogP contribution in [0, 0.1) is 11.8 Å². The van der Waals surface area contributed by atoms with Crippen molar-refractivity contribution in [2.75, 3.05) is 13.1 Å². The van der Waals surface area contributed by atoms with E-state index >= 15 is 0 Å². The number of carbonyl (C=O) groups is 1. The van der Waals surface area contributed by atoms with Gasteiger partial charge in [0.05, 0.1) is 6.54 Å². The number of hydrogen-bond donors (Lipinski definition) is 2. The first kappa shape index (κ1) is 17.4. The third-order valence-electron chi connectivity index (χ3n) is 4.87. The highest BCUT2D eigenvalue weighted by molar-refractivity contribution is 5.81. The molecular formula is C17H29N5O2. The van der Waals surface area contributed by atoms with Crippen LogP contribution in [0.1, 0.15) is 45.4 Å². The minimum absolute atomic E-state index is 0.0635. The lowest BCUT2D eigenvalue weighted by molar-refractivity contribution is -0.133. The van der Waals surface area contributed by atoms with Crippen LogP contribution < -0.4 is 5.32 Å². The molecule has 0 bridgehead atoms. The molecule has 2 fully saturated rings. The summed E-state index contributed by atoms with van der Waals surface area (Å²) in [7, 11) is 0. The highest BCUT2D eigenvalue weighted by Crippen LogP contribution is 2.24. The van der Waals surface area contributed by atoms with E-state index in [1.165, 1.54) is 0 Å². The van der Waals surface area contributed by atoms with Crippen molar-refractivity contribution >= 4 is 5.91 Å². The average molecular weight is 335 g/mol. The second-order valence-corrected chi connectivity index (χ2v) is 7.59. The Morgan fingerprint density at radius 2 is 2.04 bits per heavy atom. The van der Waals surface area contributed by atoms with Gasteiger partial charge in [-0.25, -0.2) is 9.67 Å². The predicted octanol–water partition coefficient (Wildman–Crippen LogP) is 0.786. The Morgan fingerprint density at radius 1 is 1.33 bits per heavy atom. The Balaban J connectivity index is 1.46. The van der Waals surface area contributed by atoms with Crippen molar-refractivity contribution in [3.8, 4) is 0 Å². The molecule has 2 N–H and O–H groups in total. The number of amides is 1. The van der Waals surface area contributed by atoms with Crippen molar-refractivity contribution in [2.24, 2.45) is 11.8 Å². The number of aliphatic hydroxyl groups excluding tert-OH is 1. The molecule has 0 radical (unpaired) electrons. The molecule has 1 aromatic heterocycles. The topological polar surface area (TPSA) is 83.3 Å². The summed E-state index contributed by atoms with van der Waals surface area (Å²) in [5, 5.41) is 17.5. The highest BCUT2D eigenvalue weighted by atomic mass is 16.3. The van der Waals surface area contributed by atoms with E-state index in [-0.39, 0.29) is 11.8 Å². The highest BCUT2D eigenvalue weighted by Gasteiger charge is 2.33. The van der Waals surface area contributed by atoms with E-state index in [1.54, 1.807) is 6.33 Å². The normalized spacial score (nSPS) is 21.2. The minimum Gasteiger partial charge on any atom is -0.383 e. The Bertz CT molecular complexity index is 547. The second kappa shape index (κ2) is 7.61. The summed E-state index contributed by atoms with van der Waals surface area (Å²) in [6.45, 7) is 7.77. The number of nitrogens with one attached hydrogen (secondary N) is 1. The Hall–Kier alpha value is -1.47. The molecule has 7 heteroatoms. The molecular weight excluding hydrogens is 306 g/mol. The fourth-order valence-electron chi connectivity index (χ4n) is 3.26. The smallest absolute Gasteiger partial charge is 0.249 e. The van der Waals surface area contributed by atoms with Gasteiger partial charge in [0.25, 0.3) is 0 Å². The zero-order valence-electron chi connectivity index (χ0n) is 14.7. The third kappa shape index (κ3) is 4.54. The summed E-state index contributed by atoms with van der Waals surface area (Å²) >= 11 is 0. The third-order valence-corrected chi connectivity index (χ3v) is 4.87. The quantitative estimate of drug-likeness (QED) is 0.769. The number of aromatic nitrogens is 3. The fourth-order valence-corrected chi connectivity index (χ4v) is 3.26. The van der Waals surface area contributed by atoms with E-state index in [4.69, 9.17) is 0 Å². The molecule has 1 aliphatic heterocycles. The molecule has 2 aliphatic rings. The number of aliphatic hydroxyl groups is 1. The summed E-state index contributed by atoms with van der Waals surface area (Å²) in [5.74, 6) is 1.41. The largest absolute Gasteiger partial charge is 0.383 e. The van der Waals surface area contributed by atoms with Crippen LogP contribution in [0.25, 0.3) is 0 Å². The van der Waals surface area contributed by atoms with E-state index in [0.29, 0.717) is 12.0 Å². The van der Waals surface area contributed by atoms with Crippen molar-refractivity contribution in [2.45, 2.75) is 64.8 Å². The fraction of sp³-hybridized carbons (Fsp3) is 0.824. The van der Waals surface area contributed by atoms with E-state index in [2.05, 4.69) is 34.1 Å². The molecule has 24 heavy (non-hydrogen) atoms. The Labute approximate surface area is 143 Å². The van der Waals surface area contributed by atoms with Gasteiger partial charge in [-0.15, -0.1) is 0 Å². The van der Waals surface area contributed by atoms with E-state index in [1.807, 2.05) is 4.68 Å². The lowest BCUT2D eigenvalue weighted by atomic mass is 9.90. The number of piperidine rings is 1. The molecule has 2 heterocycles. The van der Waals surface area contributed by atoms with Gasteiger partial charge in [0.1, 0.15) is 18.3 Å². The van der Waals surface area contributed by atoms with Crippen LogP contribution in [0.2, 0.25) is 0 Å². The standard InChI is InChI=1S/C17H29N5O2/c1-12(2)9-22-15(18-11-19-22)10-21-7-5-13(6-8-21)16(23)17(24)20-14-3-4-14/h11-14,16,23H,3-10H2,1-2H3,(H,20,24). The molecule has 1 aliphatic carbocycles. The SMILES string of the molecule is CC(C)Cn1ncnc1CN1CCC(C(O)C(=O)NC2CC2)CC1. The van der Waals surface area contributed by atoms with Crippen LogP contribution in [-0.4, -0.2) is 55.9 Å². The van der Waals surface area contributed by atoms with Gasteiger partial charge in [-0.2, -0.15) is 5.10 Å². The van der Waals surface area contributed by atoms with Crippen molar-refractivity contribution in [1.29, 1.82) is 0 Å². The molecule has 1 aromatic rings. The monoisotopic (exact) mass is 335 g/mol. The maximum absolute atomic E-state index is 12.0. The van der Waals surface area contributed by atoms with E-state index in [9.17, 15) is 9.90 Å². The molecule has 0 aromatic carbocycles. The van der Waals surface area contributed by atoms with Crippen LogP contribution in [0.15, 0.2) is 6.33 Å². The summed E-state index contributed by atoms with van der Waals surface area (Å²) in [5.41, 5.74) is 0. The second-order valence-electron chi connectivity index (χ2n) is 7.59. The number of nitrogens with zero attached hydrogens (tertiary/aromatic N) is 4. The summed E-state index contributed by atoms with van der Waals surface area (Å²) in [6, 6.07) is 0.305. The summed E-state index contributed by atoms with van der Waals surface area (Å²) in [6.07, 6.45) is 4.55. The van der Waals surface area contributed by atoms with Crippen molar-refractivity contribution in [1.82, 2.24) is 25.0 Å². The first-order valence-electron chi connectivity index (χ1n) is 9.10. The Kier molecular flexibility index (Phi) is 5.50. The van der Waals surface area contributed by atoms with E-state index in [0.717, 1.165) is 57.7 Å². The average Bonchev–Trinajstić information content (AvgIpc) is 3.27. The van der Waals surface area contributed by atoms with Crippen molar-refractivity contribution in [3.05, 3.63) is 12.2 Å². The maximum Gasteiger partial charge on any atom is 0.249 e. The zero-order valence-corrected chi connectivity index (χ0v) is 14.7. The van der Waals surface area contributed by atoms with Gasteiger partial charge >= 0.3 is 0 Å². The number of likely N-dealkylation sites (tertiary alicyclic amines) is 1. The van der Waals surface area contributed by atoms with Crippen LogP contribution in [0.3, 0.4) is 0 Å². The Morgan fingerprint density at radius 3 is 2.67 bits per heavy atom. The maximum atomic E-state index is 12.0. The molecule has 0 spiro atoms. The first-order valence-corrected chi connectivity index (χ1v) is 9.10. The molecule has 134 valence electrons. The molecule has 1 saturated heterocycles. The molecule has 1 amide bonds. The van der Waals surface area contributed by atoms with Gasteiger partial charge in [0, 0.05) is 12.6 Å². The van der Waals surface area contributed by atoms with Gasteiger partial charge < -0.3 is 10.4 Å². The number of hydrogen-bond acceptors (Lipinski definition) is 5. The first-order chi connectivity index (χ1) is 11.5. The van der Waals surface area contributed by atoms with Gasteiger partial charge in [-0.1, -0.05) is 13.8 Å². The number of rotatable bonds is 7. The van der Waals surface area contributed by atoms with Crippen LogP contribution in [0.5, 0.6) is 0 Å². The zero-order chi connectivity index (χ0) is 17.1. The van der Waals surface area contributed by atoms with Crippen molar-refractivity contribution < 1.29 is 9.90 Å². The summed E-state index contributed by atoms with van der Waals surface area (Å²) < 4.78 is 1.98. The summed E-state index contributed by atoms with van der Waals surface area (Å²) in [4.78, 5) is 18.7. The van der Waals surface area contributed by atoms with Gasteiger partial charge in [0.2, 0.25) is 5.91 Å². The predicted molar refractivity (Wildman–Crippen MR) is 90.0 cm³/mol. The molecule has 7 nitrogen and oxygen atoms in total. The lowest BCUT2D eigenvalue weighted by Crippen LogP contribution is -2.45. The van der Waals surface area contributed by atoms with Gasteiger partial charge in [0.15, 0.2) is 0 Å². The molecule has 1 unspecified atom stereocenters. The number of carbonyl (C=O) groups excluding carboxylic acids is 1. The van der Waals surface area contributed by atoms with Crippen LogP contribution in [-0.2, 0) is 17.9 Å². The minimum atomic E-state index is -0.864. The molecule has 1 saturated carbocycles.